The summed E-state index contributed by atoms with van der Waals surface area (Å²) in [5.74, 6) is -2.88. The van der Waals surface area contributed by atoms with Crippen LogP contribution in [-0.2, 0) is 28.7 Å². The standard InChI is InChI=1S/C16H18N2O6/c1-23-14(20)8-12(16(22)24-2)17-13(19)7-10-9-5-3-4-6-11(9)18-15(10)21/h3-6,10,12H,7-8H2,1-2H3,(H,17,19)(H,18,21)/t10?,12-/m0/s1/i17+1. The molecule has 8 nitrogen and oxygen atoms in total. The third-order valence-electron chi connectivity index (χ3n) is 3.72. The molecule has 2 N–H and O–H groups in total. The molecule has 0 aromatic heterocycles. The van der Waals surface area contributed by atoms with Gasteiger partial charge < -0.3 is 20.1 Å². The average molecular weight is 335 g/mol. The van der Waals surface area contributed by atoms with Crippen LogP contribution in [0.2, 0.25) is 0 Å². The van der Waals surface area contributed by atoms with E-state index in [2.05, 4.69) is 20.1 Å². The van der Waals surface area contributed by atoms with Crippen LogP contribution in [0.3, 0.4) is 0 Å². The second kappa shape index (κ2) is 7.58. The molecule has 1 unspecified atom stereocenters. The quantitative estimate of drug-likeness (QED) is 0.573. The minimum atomic E-state index is -1.16. The molecule has 0 fully saturated rings. The van der Waals surface area contributed by atoms with E-state index in [1.807, 2.05) is 0 Å². The minimum Gasteiger partial charge on any atom is -0.469 e. The first kappa shape index (κ1) is 17.5. The Morgan fingerprint density at radius 3 is 2.58 bits per heavy atom. The minimum absolute atomic E-state index is 0.141. The number of ether oxygens (including phenoxy) is 2. The fraction of sp³-hybridized carbons (Fsp3) is 0.375. The summed E-state index contributed by atoms with van der Waals surface area (Å²) < 4.78 is 9.06. The average Bonchev–Trinajstić information content (AvgIpc) is 2.89. The number of esters is 2. The monoisotopic (exact) mass is 335 g/mol. The lowest BCUT2D eigenvalue weighted by Gasteiger charge is -2.16. The highest BCUT2D eigenvalue weighted by Gasteiger charge is 2.33. The van der Waals surface area contributed by atoms with Gasteiger partial charge in [-0.2, -0.15) is 0 Å². The van der Waals surface area contributed by atoms with Crippen molar-refractivity contribution in [1.82, 2.24) is 5.32 Å². The number of para-hydroxylation sites is 1. The van der Waals surface area contributed by atoms with Crippen molar-refractivity contribution in [1.29, 1.82) is 0 Å². The normalized spacial score (nSPS) is 16.6. The van der Waals surface area contributed by atoms with Gasteiger partial charge in [-0.25, -0.2) is 4.79 Å². The largest absolute Gasteiger partial charge is 0.469 e. The van der Waals surface area contributed by atoms with Crippen LogP contribution in [0.25, 0.3) is 0 Å². The molecule has 1 aliphatic rings. The zero-order chi connectivity index (χ0) is 17.7. The van der Waals surface area contributed by atoms with E-state index in [9.17, 15) is 19.2 Å². The van der Waals surface area contributed by atoms with Crippen LogP contribution in [0.5, 0.6) is 0 Å². The van der Waals surface area contributed by atoms with E-state index >= 15 is 0 Å². The van der Waals surface area contributed by atoms with Gasteiger partial charge in [0.25, 0.3) is 0 Å². The van der Waals surface area contributed by atoms with Gasteiger partial charge in [0, 0.05) is 12.1 Å². The Labute approximate surface area is 138 Å². The summed E-state index contributed by atoms with van der Waals surface area (Å²) in [5, 5.41) is 5.11. The smallest absolute Gasteiger partial charge is 0.328 e. The van der Waals surface area contributed by atoms with Crippen molar-refractivity contribution in [3.8, 4) is 0 Å². The van der Waals surface area contributed by atoms with Crippen molar-refractivity contribution in [3.63, 3.8) is 0 Å². The molecule has 1 aromatic rings. The van der Waals surface area contributed by atoms with Crippen LogP contribution < -0.4 is 10.6 Å². The molecule has 128 valence electrons. The fourth-order valence-electron chi connectivity index (χ4n) is 2.50. The van der Waals surface area contributed by atoms with Crippen LogP contribution in [0, 0.1) is 0 Å². The van der Waals surface area contributed by atoms with Crippen molar-refractivity contribution in [3.05, 3.63) is 29.8 Å². The van der Waals surface area contributed by atoms with Gasteiger partial charge in [0.05, 0.1) is 26.6 Å². The Morgan fingerprint density at radius 1 is 1.21 bits per heavy atom. The van der Waals surface area contributed by atoms with E-state index in [0.717, 1.165) is 12.7 Å². The Morgan fingerprint density at radius 2 is 1.92 bits per heavy atom. The topological polar surface area (TPSA) is 111 Å². The van der Waals surface area contributed by atoms with Gasteiger partial charge in [-0.15, -0.1) is 0 Å². The number of carbonyl (C=O) groups is 4. The first-order valence-corrected chi connectivity index (χ1v) is 7.30. The van der Waals surface area contributed by atoms with Gasteiger partial charge in [-0.1, -0.05) is 18.2 Å². The van der Waals surface area contributed by atoms with E-state index in [-0.39, 0.29) is 18.7 Å². The second-order valence-electron chi connectivity index (χ2n) is 5.26. The fourth-order valence-corrected chi connectivity index (χ4v) is 2.50. The molecule has 2 rings (SSSR count). The van der Waals surface area contributed by atoms with Crippen molar-refractivity contribution < 1.29 is 28.7 Å². The van der Waals surface area contributed by atoms with Crippen molar-refractivity contribution >= 4 is 29.4 Å². The van der Waals surface area contributed by atoms with Crippen molar-refractivity contribution in [2.24, 2.45) is 0 Å². The van der Waals surface area contributed by atoms with Crippen molar-refractivity contribution in [2.45, 2.75) is 24.8 Å². The zero-order valence-electron chi connectivity index (χ0n) is 13.3. The molecule has 0 bridgehead atoms. The zero-order valence-corrected chi connectivity index (χ0v) is 13.3. The number of benzene rings is 1. The number of amides is 2. The van der Waals surface area contributed by atoms with Crippen LogP contribution in [0.1, 0.15) is 24.3 Å². The number of hydrogen-bond acceptors (Lipinski definition) is 6. The Hall–Kier alpha value is -2.90. The first-order chi connectivity index (χ1) is 11.5. The molecule has 0 radical (unpaired) electrons. The predicted octanol–water partition coefficient (Wildman–Crippen LogP) is 0.333. The van der Waals surface area contributed by atoms with Gasteiger partial charge >= 0.3 is 11.9 Å². The lowest BCUT2D eigenvalue weighted by atomic mass is 9.97. The maximum Gasteiger partial charge on any atom is 0.328 e. The predicted molar refractivity (Wildman–Crippen MR) is 83.0 cm³/mol. The van der Waals surface area contributed by atoms with Gasteiger partial charge in [-0.3, -0.25) is 14.4 Å². The number of nitrogens with one attached hydrogen (secondary N) is 2. The van der Waals surface area contributed by atoms with E-state index in [4.69, 9.17) is 0 Å². The number of anilines is 1. The van der Waals surface area contributed by atoms with Crippen LogP contribution >= 0.6 is 0 Å². The summed E-state index contributed by atoms with van der Waals surface area (Å²) in [6.45, 7) is 0. The van der Waals surface area contributed by atoms with E-state index < -0.39 is 29.8 Å². The molecular formula is C16H18N2O6. The molecule has 2 atom stereocenters. The molecule has 1 heterocycles. The van der Waals surface area contributed by atoms with Crippen LogP contribution in [0.15, 0.2) is 24.3 Å². The first-order valence-electron chi connectivity index (χ1n) is 7.30. The van der Waals surface area contributed by atoms with Crippen LogP contribution in [-0.4, -0.2) is 44.0 Å². The molecule has 0 spiro atoms. The number of fused-ring (bicyclic) bond motifs is 1. The van der Waals surface area contributed by atoms with E-state index in [1.165, 1.54) is 7.11 Å². The molecule has 2 amide bonds. The summed E-state index contributed by atoms with van der Waals surface area (Å²) in [4.78, 5) is 47.2. The summed E-state index contributed by atoms with van der Waals surface area (Å²) in [7, 11) is 2.33. The molecule has 1 aliphatic heterocycles. The van der Waals surface area contributed by atoms with Gasteiger partial charge in [0.15, 0.2) is 0 Å². The third kappa shape index (κ3) is 3.89. The molecule has 1 aromatic carbocycles. The molecule has 24 heavy (non-hydrogen) atoms. The van der Waals surface area contributed by atoms with Gasteiger partial charge in [0.1, 0.15) is 6.04 Å². The Balaban J connectivity index is 2.04. The Bertz CT molecular complexity index is 672. The van der Waals surface area contributed by atoms with E-state index in [1.54, 1.807) is 24.3 Å². The second-order valence-corrected chi connectivity index (χ2v) is 5.26. The van der Waals surface area contributed by atoms with Gasteiger partial charge in [-0.05, 0) is 11.6 Å². The SMILES string of the molecule is COC(=O)C[C@H]([15NH]C(=O)CC1C(=O)Nc2ccccc21)C(=O)OC. The number of methoxy groups -OCH3 is 2. The lowest BCUT2D eigenvalue weighted by Crippen LogP contribution is -2.43. The molecule has 0 saturated carbocycles. The highest BCUT2D eigenvalue weighted by atomic mass is 16.5. The molecule has 0 saturated heterocycles. The maximum absolute atomic E-state index is 12.2. The number of hydrogen-bond donors (Lipinski definition) is 2. The summed E-state index contributed by atoms with van der Waals surface area (Å²) >= 11 is 0. The van der Waals surface area contributed by atoms with Gasteiger partial charge in [0.2, 0.25) is 11.8 Å². The number of rotatable bonds is 6. The van der Waals surface area contributed by atoms with E-state index in [0.29, 0.717) is 5.69 Å². The highest BCUT2D eigenvalue weighted by molar-refractivity contribution is 6.05. The van der Waals surface area contributed by atoms with Crippen LogP contribution in [0.4, 0.5) is 5.69 Å². The summed E-state index contributed by atoms with van der Waals surface area (Å²) in [6, 6.07) is 5.91. The highest BCUT2D eigenvalue weighted by Crippen LogP contribution is 2.34. The van der Waals surface area contributed by atoms with Crippen molar-refractivity contribution in [2.75, 3.05) is 19.5 Å². The molecule has 0 aliphatic carbocycles. The lowest BCUT2D eigenvalue weighted by molar-refractivity contribution is -0.150. The summed E-state index contributed by atoms with van der Waals surface area (Å²) in [6.07, 6.45) is -0.486. The summed E-state index contributed by atoms with van der Waals surface area (Å²) in [5.41, 5.74) is 1.39. The Kier molecular flexibility index (Phi) is 5.51. The molecule has 8 heteroatoms. The number of carbonyl (C=O) groups excluding carboxylic acids is 4. The third-order valence-corrected chi connectivity index (χ3v) is 3.72. The maximum atomic E-state index is 12.2. The molecular weight excluding hydrogens is 317 g/mol.